The number of aryl methyl sites for hydroxylation is 1. The normalized spacial score (nSPS) is 17.9. The Kier molecular flexibility index (Phi) is 2.70. The van der Waals surface area contributed by atoms with E-state index in [1.807, 2.05) is 26.0 Å². The van der Waals surface area contributed by atoms with E-state index in [0.717, 1.165) is 36.0 Å². The van der Waals surface area contributed by atoms with Crippen molar-refractivity contribution in [1.29, 1.82) is 0 Å². The first-order valence-corrected chi connectivity index (χ1v) is 5.86. The van der Waals surface area contributed by atoms with E-state index in [1.165, 1.54) is 0 Å². The van der Waals surface area contributed by atoms with Crippen molar-refractivity contribution in [2.75, 3.05) is 0 Å². The Hall–Kier alpha value is -1.02. The van der Waals surface area contributed by atoms with Gasteiger partial charge in [0.1, 0.15) is 0 Å². The van der Waals surface area contributed by atoms with Crippen molar-refractivity contribution in [2.45, 2.75) is 38.5 Å². The minimum absolute atomic E-state index is 0.669. The van der Waals surface area contributed by atoms with Crippen LogP contribution in [-0.2, 0) is 10.2 Å². The number of carboxylic acids is 1. The summed E-state index contributed by atoms with van der Waals surface area (Å²) in [6.07, 6.45) is 2.43. The van der Waals surface area contributed by atoms with Crippen LogP contribution in [0.15, 0.2) is 12.1 Å². The predicted octanol–water partition coefficient (Wildman–Crippen LogP) is 3.46. The molecule has 2 nitrogen and oxygen atoms in total. The molecule has 1 aromatic carbocycles. The van der Waals surface area contributed by atoms with Gasteiger partial charge in [-0.1, -0.05) is 24.1 Å². The highest BCUT2D eigenvalue weighted by atomic mass is 35.5. The third kappa shape index (κ3) is 1.52. The van der Waals surface area contributed by atoms with Crippen LogP contribution in [-0.4, -0.2) is 11.1 Å². The first-order chi connectivity index (χ1) is 7.47. The summed E-state index contributed by atoms with van der Waals surface area (Å²) in [4.78, 5) is 11.4. The van der Waals surface area contributed by atoms with E-state index in [2.05, 4.69) is 0 Å². The fraction of sp³-hybridized carbons (Fsp3) is 0.462. The van der Waals surface area contributed by atoms with Gasteiger partial charge in [0.05, 0.1) is 5.41 Å². The maximum Gasteiger partial charge on any atom is 0.314 e. The summed E-state index contributed by atoms with van der Waals surface area (Å²) in [6.45, 7) is 3.93. The van der Waals surface area contributed by atoms with Gasteiger partial charge in [-0.15, -0.1) is 0 Å². The van der Waals surface area contributed by atoms with Gasteiger partial charge in [-0.05, 0) is 49.4 Å². The first-order valence-electron chi connectivity index (χ1n) is 5.48. The van der Waals surface area contributed by atoms with Crippen molar-refractivity contribution < 1.29 is 9.90 Å². The van der Waals surface area contributed by atoms with Gasteiger partial charge in [0.2, 0.25) is 0 Å². The number of carboxylic acid groups (broad SMARTS) is 1. The smallest absolute Gasteiger partial charge is 0.314 e. The molecule has 1 aliphatic carbocycles. The van der Waals surface area contributed by atoms with Crippen LogP contribution in [0.25, 0.3) is 0 Å². The third-order valence-electron chi connectivity index (χ3n) is 3.77. The Morgan fingerprint density at radius 3 is 2.38 bits per heavy atom. The Morgan fingerprint density at radius 2 is 2.00 bits per heavy atom. The molecular weight excluding hydrogens is 224 g/mol. The molecule has 0 unspecified atom stereocenters. The molecule has 16 heavy (non-hydrogen) atoms. The van der Waals surface area contributed by atoms with E-state index < -0.39 is 11.4 Å². The van der Waals surface area contributed by atoms with E-state index in [1.54, 1.807) is 0 Å². The first kappa shape index (κ1) is 11.5. The molecule has 0 spiro atoms. The molecule has 1 saturated carbocycles. The number of rotatable bonds is 2. The molecule has 0 amide bonds. The van der Waals surface area contributed by atoms with Crippen LogP contribution in [0.3, 0.4) is 0 Å². The number of hydrogen-bond donors (Lipinski definition) is 1. The second-order valence-electron chi connectivity index (χ2n) is 4.64. The summed E-state index contributed by atoms with van der Waals surface area (Å²) in [7, 11) is 0. The van der Waals surface area contributed by atoms with Crippen LogP contribution in [0.1, 0.15) is 36.0 Å². The molecule has 3 heteroatoms. The largest absolute Gasteiger partial charge is 0.481 e. The summed E-state index contributed by atoms with van der Waals surface area (Å²) in [5.74, 6) is -0.724. The molecule has 1 aromatic rings. The van der Waals surface area contributed by atoms with Gasteiger partial charge in [-0.3, -0.25) is 4.79 Å². The van der Waals surface area contributed by atoms with Crippen molar-refractivity contribution in [3.05, 3.63) is 33.8 Å². The van der Waals surface area contributed by atoms with Gasteiger partial charge in [0, 0.05) is 5.02 Å². The minimum Gasteiger partial charge on any atom is -0.481 e. The molecule has 86 valence electrons. The lowest BCUT2D eigenvalue weighted by atomic mass is 9.64. The lowest BCUT2D eigenvalue weighted by molar-refractivity contribution is -0.147. The Bertz CT molecular complexity index is 424. The van der Waals surface area contributed by atoms with E-state index in [-0.39, 0.29) is 0 Å². The standard InChI is InChI=1S/C13H15ClO2/c1-8-6-10(7-11(14)9(8)2)13(12(15)16)4-3-5-13/h6-7H,3-5H2,1-2H3,(H,15,16). The molecular formula is C13H15ClO2. The maximum atomic E-state index is 11.4. The second kappa shape index (κ2) is 3.77. The molecule has 0 bridgehead atoms. The average Bonchev–Trinajstić information content (AvgIpc) is 2.11. The van der Waals surface area contributed by atoms with Crippen LogP contribution in [0.5, 0.6) is 0 Å². The van der Waals surface area contributed by atoms with Crippen LogP contribution >= 0.6 is 11.6 Å². The highest BCUT2D eigenvalue weighted by molar-refractivity contribution is 6.31. The number of hydrogen-bond acceptors (Lipinski definition) is 1. The zero-order valence-corrected chi connectivity index (χ0v) is 10.3. The van der Waals surface area contributed by atoms with Crippen LogP contribution in [0, 0.1) is 13.8 Å². The van der Waals surface area contributed by atoms with E-state index in [0.29, 0.717) is 5.02 Å². The number of halogens is 1. The fourth-order valence-corrected chi connectivity index (χ4v) is 2.52. The topological polar surface area (TPSA) is 37.3 Å². The van der Waals surface area contributed by atoms with Gasteiger partial charge in [-0.25, -0.2) is 0 Å². The van der Waals surface area contributed by atoms with Crippen LogP contribution < -0.4 is 0 Å². The van der Waals surface area contributed by atoms with E-state index in [4.69, 9.17) is 11.6 Å². The van der Waals surface area contributed by atoms with Gasteiger partial charge in [-0.2, -0.15) is 0 Å². The quantitative estimate of drug-likeness (QED) is 0.857. The number of carbonyl (C=O) groups is 1. The Labute approximate surface area is 100 Å². The summed E-state index contributed by atoms with van der Waals surface area (Å²) in [6, 6.07) is 3.78. The summed E-state index contributed by atoms with van der Waals surface area (Å²) in [5.41, 5.74) is 2.28. The maximum absolute atomic E-state index is 11.4. The molecule has 0 atom stereocenters. The zero-order chi connectivity index (χ0) is 11.9. The average molecular weight is 239 g/mol. The van der Waals surface area contributed by atoms with E-state index >= 15 is 0 Å². The Morgan fingerprint density at radius 1 is 1.38 bits per heavy atom. The lowest BCUT2D eigenvalue weighted by Gasteiger charge is -2.38. The fourth-order valence-electron chi connectivity index (χ4n) is 2.25. The summed E-state index contributed by atoms with van der Waals surface area (Å²) in [5, 5.41) is 10.0. The van der Waals surface area contributed by atoms with Gasteiger partial charge in [0.25, 0.3) is 0 Å². The highest BCUT2D eigenvalue weighted by Gasteiger charge is 2.46. The van der Waals surface area contributed by atoms with Gasteiger partial charge < -0.3 is 5.11 Å². The highest BCUT2D eigenvalue weighted by Crippen LogP contribution is 2.45. The van der Waals surface area contributed by atoms with Gasteiger partial charge in [0.15, 0.2) is 0 Å². The molecule has 2 rings (SSSR count). The number of benzene rings is 1. The molecule has 0 aromatic heterocycles. The molecule has 0 radical (unpaired) electrons. The van der Waals surface area contributed by atoms with Gasteiger partial charge >= 0.3 is 5.97 Å². The molecule has 0 saturated heterocycles. The zero-order valence-electron chi connectivity index (χ0n) is 9.51. The van der Waals surface area contributed by atoms with Crippen molar-refractivity contribution in [3.8, 4) is 0 Å². The SMILES string of the molecule is Cc1cc(C2(C(=O)O)CCC2)cc(Cl)c1C. The number of aliphatic carboxylic acids is 1. The van der Waals surface area contributed by atoms with Crippen LogP contribution in [0.4, 0.5) is 0 Å². The molecule has 1 N–H and O–H groups in total. The molecule has 0 heterocycles. The van der Waals surface area contributed by atoms with Crippen molar-refractivity contribution in [1.82, 2.24) is 0 Å². The second-order valence-corrected chi connectivity index (χ2v) is 5.05. The molecule has 1 aliphatic rings. The summed E-state index contributed by atoms with van der Waals surface area (Å²) >= 11 is 6.12. The monoisotopic (exact) mass is 238 g/mol. The summed E-state index contributed by atoms with van der Waals surface area (Å²) < 4.78 is 0. The van der Waals surface area contributed by atoms with Crippen molar-refractivity contribution in [2.24, 2.45) is 0 Å². The predicted molar refractivity (Wildman–Crippen MR) is 64.1 cm³/mol. The van der Waals surface area contributed by atoms with E-state index in [9.17, 15) is 9.90 Å². The molecule has 0 aliphatic heterocycles. The Balaban J connectivity index is 2.52. The molecule has 1 fully saturated rings. The van der Waals surface area contributed by atoms with Crippen molar-refractivity contribution >= 4 is 17.6 Å². The van der Waals surface area contributed by atoms with Crippen LogP contribution in [0.2, 0.25) is 5.02 Å². The third-order valence-corrected chi connectivity index (χ3v) is 4.17. The minimum atomic E-state index is -0.724. The van der Waals surface area contributed by atoms with Crippen molar-refractivity contribution in [3.63, 3.8) is 0 Å². The lowest BCUT2D eigenvalue weighted by Crippen LogP contribution is -2.42.